The average Bonchev–Trinajstić information content (AvgIpc) is 2.99. The van der Waals surface area contributed by atoms with E-state index in [-0.39, 0.29) is 23.3 Å². The fourth-order valence-corrected chi connectivity index (χ4v) is 3.33. The number of carboxylic acids is 1. The van der Waals surface area contributed by atoms with Gasteiger partial charge < -0.3 is 5.11 Å². The van der Waals surface area contributed by atoms with Crippen LogP contribution in [0.3, 0.4) is 0 Å². The summed E-state index contributed by atoms with van der Waals surface area (Å²) in [5.41, 5.74) is 1.09. The predicted molar refractivity (Wildman–Crippen MR) is 86.7 cm³/mol. The van der Waals surface area contributed by atoms with Gasteiger partial charge >= 0.3 is 5.97 Å². The maximum atomic E-state index is 13.2. The highest BCUT2D eigenvalue weighted by Crippen LogP contribution is 2.31. The molecule has 0 aliphatic carbocycles. The molecule has 2 heterocycles. The van der Waals surface area contributed by atoms with E-state index in [0.717, 1.165) is 17.4 Å². The van der Waals surface area contributed by atoms with Gasteiger partial charge in [0.15, 0.2) is 5.78 Å². The molecule has 0 aliphatic heterocycles. The van der Waals surface area contributed by atoms with Crippen molar-refractivity contribution in [1.82, 2.24) is 9.97 Å². The van der Waals surface area contributed by atoms with Gasteiger partial charge in [0.1, 0.15) is 5.82 Å². The molecule has 1 N–H and O–H groups in total. The third kappa shape index (κ3) is 3.21. The average molecular weight is 342 g/mol. The molecule has 120 valence electrons. The zero-order chi connectivity index (χ0) is 17.1. The number of aromatic nitrogens is 2. The molecule has 5 nitrogen and oxygen atoms in total. The number of ketones is 1. The van der Waals surface area contributed by atoms with Crippen molar-refractivity contribution in [3.05, 3.63) is 70.1 Å². The first-order valence-corrected chi connectivity index (χ1v) is 7.83. The Kier molecular flexibility index (Phi) is 4.43. The first kappa shape index (κ1) is 15.9. The zero-order valence-corrected chi connectivity index (χ0v) is 13.1. The Morgan fingerprint density at radius 2 is 2.08 bits per heavy atom. The van der Waals surface area contributed by atoms with E-state index in [4.69, 9.17) is 0 Å². The Morgan fingerprint density at radius 1 is 1.25 bits per heavy atom. The van der Waals surface area contributed by atoms with E-state index >= 15 is 0 Å². The van der Waals surface area contributed by atoms with E-state index in [9.17, 15) is 19.1 Å². The Hall–Kier alpha value is -2.93. The summed E-state index contributed by atoms with van der Waals surface area (Å²) in [5.74, 6) is -1.99. The number of hydrogen-bond acceptors (Lipinski definition) is 5. The fourth-order valence-electron chi connectivity index (χ4n) is 2.30. The molecule has 3 rings (SSSR count). The third-order valence-corrected chi connectivity index (χ3v) is 4.37. The van der Waals surface area contributed by atoms with Gasteiger partial charge in [-0.1, -0.05) is 12.1 Å². The first-order valence-electron chi connectivity index (χ1n) is 6.95. The third-order valence-electron chi connectivity index (χ3n) is 3.39. The van der Waals surface area contributed by atoms with Gasteiger partial charge in [0.2, 0.25) is 0 Å². The number of nitrogens with zero attached hydrogens (tertiary/aromatic N) is 2. The summed E-state index contributed by atoms with van der Waals surface area (Å²) in [5, 5.41) is 11.2. The van der Waals surface area contributed by atoms with Crippen LogP contribution in [0.5, 0.6) is 0 Å². The number of thiophene rings is 1. The highest BCUT2D eigenvalue weighted by molar-refractivity contribution is 7.11. The van der Waals surface area contributed by atoms with E-state index in [0.29, 0.717) is 16.1 Å². The molecule has 0 amide bonds. The monoisotopic (exact) mass is 342 g/mol. The molecule has 0 fully saturated rings. The zero-order valence-electron chi connectivity index (χ0n) is 12.3. The molecule has 7 heteroatoms. The minimum absolute atomic E-state index is 0.0326. The summed E-state index contributed by atoms with van der Waals surface area (Å²) in [6.07, 6.45) is 4.31. The van der Waals surface area contributed by atoms with Crippen LogP contribution >= 0.6 is 11.3 Å². The molecule has 24 heavy (non-hydrogen) atoms. The van der Waals surface area contributed by atoms with Crippen molar-refractivity contribution in [2.45, 2.75) is 6.42 Å². The van der Waals surface area contributed by atoms with Crippen LogP contribution in [0.1, 0.15) is 25.6 Å². The molecule has 0 spiro atoms. The largest absolute Gasteiger partial charge is 0.478 e. The van der Waals surface area contributed by atoms with E-state index < -0.39 is 11.8 Å². The summed E-state index contributed by atoms with van der Waals surface area (Å²) in [6.45, 7) is 0. The highest BCUT2D eigenvalue weighted by atomic mass is 32.1. The van der Waals surface area contributed by atoms with Crippen LogP contribution in [0.4, 0.5) is 4.39 Å². The molecule has 0 bridgehead atoms. The molecule has 0 unspecified atom stereocenters. The second-order valence-electron chi connectivity index (χ2n) is 4.95. The number of carbonyl (C=O) groups is 2. The molecule has 2 aromatic heterocycles. The van der Waals surface area contributed by atoms with Crippen molar-refractivity contribution in [2.24, 2.45) is 0 Å². The molecule has 0 saturated carbocycles. The Balaban J connectivity index is 1.96. The van der Waals surface area contributed by atoms with Crippen LogP contribution in [0.15, 0.2) is 48.2 Å². The fraction of sp³-hybridized carbons (Fsp3) is 0.0588. The highest BCUT2D eigenvalue weighted by Gasteiger charge is 2.22. The predicted octanol–water partition coefficient (Wildman–Crippen LogP) is 3.47. The second kappa shape index (κ2) is 6.67. The van der Waals surface area contributed by atoms with Crippen molar-refractivity contribution >= 4 is 23.1 Å². The van der Waals surface area contributed by atoms with Crippen molar-refractivity contribution < 1.29 is 19.1 Å². The lowest BCUT2D eigenvalue weighted by atomic mass is 10.0. The van der Waals surface area contributed by atoms with Crippen LogP contribution in [0, 0.1) is 5.82 Å². The number of Topliss-reactive ketones (excluding diaryl/α,β-unsaturated/α-hetero) is 1. The van der Waals surface area contributed by atoms with Crippen LogP contribution in [0.25, 0.3) is 11.3 Å². The van der Waals surface area contributed by atoms with Gasteiger partial charge in [0.25, 0.3) is 0 Å². The number of rotatable bonds is 5. The summed E-state index contributed by atoms with van der Waals surface area (Å²) < 4.78 is 13.2. The quantitative estimate of drug-likeness (QED) is 0.718. The molecule has 0 atom stereocenters. The van der Waals surface area contributed by atoms with Crippen molar-refractivity contribution in [3.8, 4) is 11.3 Å². The molecular formula is C17H11FN2O3S. The number of aromatic carboxylic acids is 1. The molecule has 0 aliphatic rings. The van der Waals surface area contributed by atoms with Crippen molar-refractivity contribution in [2.75, 3.05) is 0 Å². The lowest BCUT2D eigenvalue weighted by Crippen LogP contribution is -2.07. The van der Waals surface area contributed by atoms with Gasteiger partial charge in [-0.15, -0.1) is 11.3 Å². The normalized spacial score (nSPS) is 10.5. The number of carboxylic acid groups (broad SMARTS) is 1. The van der Waals surface area contributed by atoms with E-state index in [1.807, 2.05) is 0 Å². The maximum Gasteiger partial charge on any atom is 0.337 e. The van der Waals surface area contributed by atoms with Crippen LogP contribution < -0.4 is 0 Å². The number of hydrogen-bond donors (Lipinski definition) is 1. The van der Waals surface area contributed by atoms with Crippen LogP contribution in [-0.4, -0.2) is 26.8 Å². The molecule has 0 saturated heterocycles. The van der Waals surface area contributed by atoms with Gasteiger partial charge in [-0.25, -0.2) is 9.18 Å². The number of carbonyl (C=O) groups excluding carboxylic acids is 1. The summed E-state index contributed by atoms with van der Waals surface area (Å²) in [7, 11) is 0. The first-order chi connectivity index (χ1) is 11.6. The van der Waals surface area contributed by atoms with Crippen LogP contribution in [0.2, 0.25) is 0 Å². The Morgan fingerprint density at radius 3 is 2.75 bits per heavy atom. The number of benzene rings is 1. The minimum Gasteiger partial charge on any atom is -0.478 e. The lowest BCUT2D eigenvalue weighted by Gasteiger charge is -2.03. The van der Waals surface area contributed by atoms with Gasteiger partial charge in [-0.3, -0.25) is 14.8 Å². The van der Waals surface area contributed by atoms with Crippen molar-refractivity contribution in [3.63, 3.8) is 0 Å². The van der Waals surface area contributed by atoms with E-state index in [1.54, 1.807) is 5.38 Å². The van der Waals surface area contributed by atoms with E-state index in [1.165, 1.54) is 36.8 Å². The molecule has 1 aromatic carbocycles. The SMILES string of the molecule is O=C(Cc1scc(-c2cnccn2)c1C(=O)O)c1cccc(F)c1. The Bertz CT molecular complexity index is 909. The Labute approximate surface area is 140 Å². The number of halogens is 1. The summed E-state index contributed by atoms with van der Waals surface area (Å²) in [4.78, 5) is 32.4. The van der Waals surface area contributed by atoms with Crippen molar-refractivity contribution in [1.29, 1.82) is 0 Å². The van der Waals surface area contributed by atoms with Gasteiger partial charge in [-0.05, 0) is 12.1 Å². The lowest BCUT2D eigenvalue weighted by molar-refractivity contribution is 0.0697. The summed E-state index contributed by atoms with van der Waals surface area (Å²) in [6, 6.07) is 5.33. The van der Waals surface area contributed by atoms with Crippen LogP contribution in [-0.2, 0) is 6.42 Å². The topological polar surface area (TPSA) is 80.2 Å². The molecular weight excluding hydrogens is 331 g/mol. The summed E-state index contributed by atoms with van der Waals surface area (Å²) >= 11 is 1.16. The molecule has 3 aromatic rings. The second-order valence-corrected chi connectivity index (χ2v) is 5.92. The molecule has 0 radical (unpaired) electrons. The maximum absolute atomic E-state index is 13.2. The van der Waals surface area contributed by atoms with Gasteiger partial charge in [0.05, 0.1) is 17.5 Å². The van der Waals surface area contributed by atoms with E-state index in [2.05, 4.69) is 9.97 Å². The standard InChI is InChI=1S/C17H11FN2O3S/c18-11-3-1-2-10(6-11)14(21)7-15-16(17(22)23)12(9-24-15)13-8-19-4-5-20-13/h1-6,8-9H,7H2,(H,22,23). The van der Waals surface area contributed by atoms with Gasteiger partial charge in [-0.2, -0.15) is 0 Å². The smallest absolute Gasteiger partial charge is 0.337 e. The van der Waals surface area contributed by atoms with Gasteiger partial charge in [0, 0.05) is 40.2 Å². The minimum atomic E-state index is -1.14.